The molecule has 0 aromatic rings. The number of carbonyl (C=O) groups excluding carboxylic acids is 1. The predicted octanol–water partition coefficient (Wildman–Crippen LogP) is 0.208. The molecule has 0 radical (unpaired) electrons. The number of hydrogen-bond donors (Lipinski definition) is 1. The van der Waals surface area contributed by atoms with Crippen LogP contribution in [0.5, 0.6) is 0 Å². The number of piperidine rings is 1. The second-order valence-corrected chi connectivity index (χ2v) is 6.46. The van der Waals surface area contributed by atoms with Crippen LogP contribution in [-0.2, 0) is 4.79 Å². The van der Waals surface area contributed by atoms with Gasteiger partial charge in [0.25, 0.3) is 0 Å². The summed E-state index contributed by atoms with van der Waals surface area (Å²) in [4.78, 5) is 18.5. The van der Waals surface area contributed by atoms with Crippen molar-refractivity contribution in [3.05, 3.63) is 0 Å². The van der Waals surface area contributed by atoms with Crippen LogP contribution in [0.3, 0.4) is 0 Å². The van der Waals surface area contributed by atoms with E-state index in [1.807, 2.05) is 7.05 Å². The van der Waals surface area contributed by atoms with Crippen LogP contribution in [-0.4, -0.2) is 79.5 Å². The smallest absolute Gasteiger partial charge is 0.241 e. The summed E-state index contributed by atoms with van der Waals surface area (Å²) in [5, 5.41) is 0. The van der Waals surface area contributed by atoms with Crippen molar-refractivity contribution in [1.29, 1.82) is 0 Å². The minimum atomic E-state index is -0.777. The number of hydrogen-bond acceptors (Lipinski definition) is 4. The van der Waals surface area contributed by atoms with Gasteiger partial charge in [-0.25, -0.2) is 0 Å². The standard InChI is InChI=1S/C14H30N4O/c1-14(2,15)13(19)18(5)11-10-17(4)12-6-8-16(3)9-7-12/h12H,6-11,15H2,1-5H3. The second kappa shape index (κ2) is 6.68. The van der Waals surface area contributed by atoms with Crippen molar-refractivity contribution in [2.75, 3.05) is 47.3 Å². The van der Waals surface area contributed by atoms with Gasteiger partial charge in [-0.05, 0) is 53.9 Å². The summed E-state index contributed by atoms with van der Waals surface area (Å²) >= 11 is 0. The predicted molar refractivity (Wildman–Crippen MR) is 79.1 cm³/mol. The van der Waals surface area contributed by atoms with E-state index in [1.165, 1.54) is 25.9 Å². The van der Waals surface area contributed by atoms with Crippen LogP contribution in [0.25, 0.3) is 0 Å². The monoisotopic (exact) mass is 270 g/mol. The van der Waals surface area contributed by atoms with Crippen molar-refractivity contribution < 1.29 is 4.79 Å². The summed E-state index contributed by atoms with van der Waals surface area (Å²) in [6, 6.07) is 0.644. The fourth-order valence-electron chi connectivity index (χ4n) is 2.52. The highest BCUT2D eigenvalue weighted by molar-refractivity contribution is 5.84. The van der Waals surface area contributed by atoms with Crippen LogP contribution < -0.4 is 5.73 Å². The Bertz CT molecular complexity index is 292. The summed E-state index contributed by atoms with van der Waals surface area (Å²) in [7, 11) is 6.16. The number of amides is 1. The van der Waals surface area contributed by atoms with Crippen molar-refractivity contribution in [1.82, 2.24) is 14.7 Å². The van der Waals surface area contributed by atoms with Gasteiger partial charge in [-0.1, -0.05) is 0 Å². The summed E-state index contributed by atoms with van der Waals surface area (Å²) in [5.74, 6) is 0.00396. The van der Waals surface area contributed by atoms with E-state index in [9.17, 15) is 4.79 Å². The lowest BCUT2D eigenvalue weighted by atomic mass is 10.0. The molecule has 0 atom stereocenters. The topological polar surface area (TPSA) is 52.8 Å². The molecule has 1 aliphatic heterocycles. The van der Waals surface area contributed by atoms with Crippen LogP contribution in [0.2, 0.25) is 0 Å². The molecule has 5 heteroatoms. The summed E-state index contributed by atoms with van der Waals surface area (Å²) in [5.41, 5.74) is 5.06. The Kier molecular flexibility index (Phi) is 5.77. The van der Waals surface area contributed by atoms with Gasteiger partial charge >= 0.3 is 0 Å². The molecule has 0 bridgehead atoms. The lowest BCUT2D eigenvalue weighted by molar-refractivity contribution is -0.134. The molecule has 0 aliphatic carbocycles. The molecular formula is C14H30N4O. The number of nitrogens with zero attached hydrogens (tertiary/aromatic N) is 3. The van der Waals surface area contributed by atoms with E-state index in [2.05, 4.69) is 23.9 Å². The summed E-state index contributed by atoms with van der Waals surface area (Å²) in [6.07, 6.45) is 2.43. The van der Waals surface area contributed by atoms with Crippen LogP contribution in [0.4, 0.5) is 0 Å². The van der Waals surface area contributed by atoms with Gasteiger partial charge < -0.3 is 20.4 Å². The number of rotatable bonds is 5. The van der Waals surface area contributed by atoms with Gasteiger partial charge in [0.15, 0.2) is 0 Å². The maximum absolute atomic E-state index is 12.0. The fraction of sp³-hybridized carbons (Fsp3) is 0.929. The Balaban J connectivity index is 2.34. The van der Waals surface area contributed by atoms with E-state index in [-0.39, 0.29) is 5.91 Å². The number of carbonyl (C=O) groups is 1. The highest BCUT2D eigenvalue weighted by Crippen LogP contribution is 2.14. The quantitative estimate of drug-likeness (QED) is 0.776. The average molecular weight is 270 g/mol. The maximum atomic E-state index is 12.0. The van der Waals surface area contributed by atoms with Crippen molar-refractivity contribution in [2.24, 2.45) is 5.73 Å². The third-order valence-electron chi connectivity index (χ3n) is 4.00. The van der Waals surface area contributed by atoms with Crippen LogP contribution in [0.1, 0.15) is 26.7 Å². The first-order chi connectivity index (χ1) is 8.71. The lowest BCUT2D eigenvalue weighted by Crippen LogP contribution is -2.52. The van der Waals surface area contributed by atoms with E-state index in [4.69, 9.17) is 5.73 Å². The zero-order chi connectivity index (χ0) is 14.6. The Morgan fingerprint density at radius 2 is 1.79 bits per heavy atom. The number of likely N-dealkylation sites (N-methyl/N-ethyl adjacent to an activating group) is 2. The molecule has 2 N–H and O–H groups in total. The van der Waals surface area contributed by atoms with Gasteiger partial charge in [-0.3, -0.25) is 4.79 Å². The van der Waals surface area contributed by atoms with E-state index >= 15 is 0 Å². The van der Waals surface area contributed by atoms with Gasteiger partial charge in [0.2, 0.25) is 5.91 Å². The van der Waals surface area contributed by atoms with Crippen molar-refractivity contribution in [2.45, 2.75) is 38.3 Å². The van der Waals surface area contributed by atoms with Crippen molar-refractivity contribution in [3.8, 4) is 0 Å². The molecule has 112 valence electrons. The Morgan fingerprint density at radius 3 is 2.26 bits per heavy atom. The third kappa shape index (κ3) is 5.09. The largest absolute Gasteiger partial charge is 0.343 e. The highest BCUT2D eigenvalue weighted by atomic mass is 16.2. The van der Waals surface area contributed by atoms with Gasteiger partial charge in [0.05, 0.1) is 5.54 Å². The van der Waals surface area contributed by atoms with E-state index in [0.29, 0.717) is 6.04 Å². The minimum Gasteiger partial charge on any atom is -0.343 e. The number of nitrogens with two attached hydrogens (primary N) is 1. The normalized spacial score (nSPS) is 18.9. The molecule has 1 heterocycles. The first kappa shape index (κ1) is 16.4. The Morgan fingerprint density at radius 1 is 1.26 bits per heavy atom. The molecule has 0 aromatic heterocycles. The van der Waals surface area contributed by atoms with Gasteiger partial charge in [0.1, 0.15) is 0 Å². The zero-order valence-corrected chi connectivity index (χ0v) is 13.1. The van der Waals surface area contributed by atoms with Crippen LogP contribution >= 0.6 is 0 Å². The molecule has 1 rings (SSSR count). The first-order valence-corrected chi connectivity index (χ1v) is 7.15. The molecule has 19 heavy (non-hydrogen) atoms. The Labute approximate surface area is 117 Å². The fourth-order valence-corrected chi connectivity index (χ4v) is 2.52. The van der Waals surface area contributed by atoms with Gasteiger partial charge in [-0.2, -0.15) is 0 Å². The molecule has 1 fully saturated rings. The summed E-state index contributed by atoms with van der Waals surface area (Å²) in [6.45, 7) is 7.49. The second-order valence-electron chi connectivity index (χ2n) is 6.46. The molecule has 0 saturated carbocycles. The molecular weight excluding hydrogens is 240 g/mol. The molecule has 0 spiro atoms. The van der Waals surface area contributed by atoms with E-state index in [0.717, 1.165) is 13.1 Å². The highest BCUT2D eigenvalue weighted by Gasteiger charge is 2.26. The van der Waals surface area contributed by atoms with Gasteiger partial charge in [-0.15, -0.1) is 0 Å². The molecule has 1 saturated heterocycles. The Hall–Kier alpha value is -0.650. The van der Waals surface area contributed by atoms with Crippen molar-refractivity contribution in [3.63, 3.8) is 0 Å². The van der Waals surface area contributed by atoms with E-state index < -0.39 is 5.54 Å². The van der Waals surface area contributed by atoms with Crippen LogP contribution in [0, 0.1) is 0 Å². The van der Waals surface area contributed by atoms with E-state index in [1.54, 1.807) is 18.7 Å². The SMILES string of the molecule is CN1CCC(N(C)CCN(C)C(=O)C(C)(C)N)CC1. The minimum absolute atomic E-state index is 0.00396. The number of likely N-dealkylation sites (tertiary alicyclic amines) is 1. The third-order valence-corrected chi connectivity index (χ3v) is 4.00. The molecule has 0 unspecified atom stereocenters. The van der Waals surface area contributed by atoms with Crippen molar-refractivity contribution >= 4 is 5.91 Å². The molecule has 5 nitrogen and oxygen atoms in total. The average Bonchev–Trinajstić information content (AvgIpc) is 2.34. The lowest BCUT2D eigenvalue weighted by Gasteiger charge is -2.36. The van der Waals surface area contributed by atoms with Gasteiger partial charge in [0, 0.05) is 26.2 Å². The molecule has 1 aliphatic rings. The first-order valence-electron chi connectivity index (χ1n) is 7.15. The zero-order valence-electron chi connectivity index (χ0n) is 13.1. The maximum Gasteiger partial charge on any atom is 0.241 e. The summed E-state index contributed by atoms with van der Waals surface area (Å²) < 4.78 is 0. The molecule has 1 amide bonds. The molecule has 0 aromatic carbocycles. The van der Waals surface area contributed by atoms with Crippen LogP contribution in [0.15, 0.2) is 0 Å².